The molecule has 1 aromatic rings. The first-order valence-corrected chi connectivity index (χ1v) is 9.01. The molecular formula is C19H30O6. The van der Waals surface area contributed by atoms with Gasteiger partial charge in [-0.3, -0.25) is 0 Å². The van der Waals surface area contributed by atoms with E-state index in [1.807, 2.05) is 0 Å². The van der Waals surface area contributed by atoms with E-state index in [0.29, 0.717) is 6.42 Å². The summed E-state index contributed by atoms with van der Waals surface area (Å²) in [5.74, 6) is -1.49. The molecule has 1 unspecified atom stereocenters. The molecule has 0 amide bonds. The first kappa shape index (κ1) is 21.2. The van der Waals surface area contributed by atoms with Crippen LogP contribution in [0.5, 0.6) is 5.75 Å². The van der Waals surface area contributed by atoms with Gasteiger partial charge in [0.2, 0.25) is 0 Å². The van der Waals surface area contributed by atoms with Crippen molar-refractivity contribution in [1.29, 1.82) is 0 Å². The Hall–Kier alpha value is -1.82. The van der Waals surface area contributed by atoms with E-state index in [1.54, 1.807) is 6.92 Å². The van der Waals surface area contributed by atoms with Gasteiger partial charge in [-0.25, -0.2) is 9.59 Å². The molecule has 0 saturated carbocycles. The quantitative estimate of drug-likeness (QED) is 0.549. The Morgan fingerprint density at radius 2 is 1.72 bits per heavy atom. The summed E-state index contributed by atoms with van der Waals surface area (Å²) in [6.45, 7) is 3.75. The number of carboxylic acids is 1. The highest BCUT2D eigenvalue weighted by atomic mass is 16.5. The van der Waals surface area contributed by atoms with E-state index in [1.165, 1.54) is 45.3 Å². The summed E-state index contributed by atoms with van der Waals surface area (Å²) in [5, 5.41) is 19.6. The molecule has 25 heavy (non-hydrogen) atoms. The van der Waals surface area contributed by atoms with Crippen LogP contribution >= 0.6 is 0 Å². The zero-order chi connectivity index (χ0) is 18.9. The Balaban J connectivity index is 2.62. The summed E-state index contributed by atoms with van der Waals surface area (Å²) in [6.07, 6.45) is 9.57. The number of carbonyl (C=O) groups is 1. The van der Waals surface area contributed by atoms with Crippen molar-refractivity contribution in [1.82, 2.24) is 0 Å². The molecule has 0 fully saturated rings. The number of hydrogen-bond acceptors (Lipinski definition) is 5. The number of aromatic carboxylic acids is 1. The van der Waals surface area contributed by atoms with Gasteiger partial charge in [0.15, 0.2) is 5.56 Å². The van der Waals surface area contributed by atoms with Gasteiger partial charge in [-0.15, -0.1) is 0 Å². The highest BCUT2D eigenvalue weighted by Crippen LogP contribution is 2.30. The molecule has 1 rings (SSSR count). The number of ether oxygens (including phenoxy) is 1. The third-order valence-electron chi connectivity index (χ3n) is 4.40. The van der Waals surface area contributed by atoms with E-state index in [-0.39, 0.29) is 11.5 Å². The zero-order valence-corrected chi connectivity index (χ0v) is 15.5. The van der Waals surface area contributed by atoms with Crippen molar-refractivity contribution < 1.29 is 24.2 Å². The Kier molecular flexibility index (Phi) is 8.69. The van der Waals surface area contributed by atoms with E-state index in [9.17, 15) is 14.7 Å². The Labute approximate surface area is 148 Å². The zero-order valence-electron chi connectivity index (χ0n) is 15.5. The van der Waals surface area contributed by atoms with Crippen molar-refractivity contribution in [3.63, 3.8) is 0 Å². The van der Waals surface area contributed by atoms with E-state index in [0.717, 1.165) is 19.3 Å². The molecule has 0 saturated heterocycles. The number of aliphatic hydroxyl groups is 1. The van der Waals surface area contributed by atoms with Gasteiger partial charge in [0.05, 0.1) is 7.11 Å². The first-order valence-electron chi connectivity index (χ1n) is 9.01. The van der Waals surface area contributed by atoms with E-state index in [4.69, 9.17) is 14.3 Å². The van der Waals surface area contributed by atoms with Crippen LogP contribution in [0.4, 0.5) is 0 Å². The second kappa shape index (κ2) is 10.2. The molecule has 0 aliphatic carbocycles. The summed E-state index contributed by atoms with van der Waals surface area (Å²) in [7, 11) is 1.28. The van der Waals surface area contributed by atoms with Crippen molar-refractivity contribution in [2.24, 2.45) is 0 Å². The normalized spacial score (nSPS) is 13.4. The molecule has 0 spiro atoms. The number of unbranched alkanes of at least 4 members (excludes halogenated alkanes) is 7. The molecular weight excluding hydrogens is 324 g/mol. The van der Waals surface area contributed by atoms with Crippen LogP contribution in [0.3, 0.4) is 0 Å². The topological polar surface area (TPSA) is 97.0 Å². The van der Waals surface area contributed by atoms with Crippen molar-refractivity contribution >= 4 is 5.97 Å². The van der Waals surface area contributed by atoms with Gasteiger partial charge >= 0.3 is 11.6 Å². The van der Waals surface area contributed by atoms with Gasteiger partial charge in [-0.1, -0.05) is 58.3 Å². The predicted molar refractivity (Wildman–Crippen MR) is 95.3 cm³/mol. The van der Waals surface area contributed by atoms with Gasteiger partial charge in [0.1, 0.15) is 17.1 Å². The fourth-order valence-corrected chi connectivity index (χ4v) is 2.82. The number of rotatable bonds is 12. The van der Waals surface area contributed by atoms with Gasteiger partial charge in [0.25, 0.3) is 0 Å². The standard InChI is InChI=1S/C19H30O6/c1-4-5-6-7-8-9-10-11-12-19(2,23)15-13-14(24-3)16(17(20)21)18(22)25-15/h13,23H,4-12H2,1-3H3,(H,20,21). The first-order chi connectivity index (χ1) is 11.8. The average Bonchev–Trinajstić information content (AvgIpc) is 2.55. The summed E-state index contributed by atoms with van der Waals surface area (Å²) in [5.41, 5.74) is -2.92. The third-order valence-corrected chi connectivity index (χ3v) is 4.40. The molecule has 0 aromatic carbocycles. The molecule has 2 N–H and O–H groups in total. The summed E-state index contributed by atoms with van der Waals surface area (Å²) >= 11 is 0. The van der Waals surface area contributed by atoms with Crippen molar-refractivity contribution in [2.45, 2.75) is 77.2 Å². The maximum atomic E-state index is 11.9. The molecule has 1 heterocycles. The largest absolute Gasteiger partial charge is 0.495 e. The van der Waals surface area contributed by atoms with Gasteiger partial charge in [-0.05, 0) is 13.3 Å². The van der Waals surface area contributed by atoms with Gasteiger partial charge in [-0.2, -0.15) is 0 Å². The lowest BCUT2D eigenvalue weighted by Gasteiger charge is -2.22. The second-order valence-corrected chi connectivity index (χ2v) is 6.65. The molecule has 0 bridgehead atoms. The molecule has 0 radical (unpaired) electrons. The molecule has 6 heteroatoms. The fraction of sp³-hybridized carbons (Fsp3) is 0.684. The maximum absolute atomic E-state index is 11.9. The van der Waals surface area contributed by atoms with Crippen molar-refractivity contribution in [3.05, 3.63) is 27.8 Å². The summed E-state index contributed by atoms with van der Waals surface area (Å²) in [4.78, 5) is 23.0. The summed E-state index contributed by atoms with van der Waals surface area (Å²) < 4.78 is 9.99. The Bertz CT molecular complexity index is 602. The fourth-order valence-electron chi connectivity index (χ4n) is 2.82. The third kappa shape index (κ3) is 6.53. The molecule has 142 valence electrons. The molecule has 0 aliphatic heterocycles. The van der Waals surface area contributed by atoms with E-state index in [2.05, 4.69) is 6.92 Å². The lowest BCUT2D eigenvalue weighted by Crippen LogP contribution is -2.25. The van der Waals surface area contributed by atoms with Crippen LogP contribution in [0.2, 0.25) is 0 Å². The molecule has 1 atom stereocenters. The van der Waals surface area contributed by atoms with Crippen LogP contribution in [-0.2, 0) is 5.60 Å². The van der Waals surface area contributed by atoms with Crippen LogP contribution < -0.4 is 10.4 Å². The highest BCUT2D eigenvalue weighted by molar-refractivity contribution is 5.90. The smallest absolute Gasteiger partial charge is 0.354 e. The number of carboxylic acid groups (broad SMARTS) is 1. The average molecular weight is 354 g/mol. The maximum Gasteiger partial charge on any atom is 0.354 e. The molecule has 6 nitrogen and oxygen atoms in total. The number of methoxy groups -OCH3 is 1. The van der Waals surface area contributed by atoms with Crippen molar-refractivity contribution in [2.75, 3.05) is 7.11 Å². The van der Waals surface area contributed by atoms with Crippen LogP contribution in [-0.4, -0.2) is 23.3 Å². The Morgan fingerprint density at radius 3 is 2.24 bits per heavy atom. The van der Waals surface area contributed by atoms with E-state index < -0.39 is 22.8 Å². The van der Waals surface area contributed by atoms with Crippen LogP contribution in [0, 0.1) is 0 Å². The predicted octanol–water partition coefficient (Wildman–Crippen LogP) is 4.08. The number of hydrogen-bond donors (Lipinski definition) is 2. The summed E-state index contributed by atoms with van der Waals surface area (Å²) in [6, 6.07) is 1.29. The van der Waals surface area contributed by atoms with E-state index >= 15 is 0 Å². The SMILES string of the molecule is CCCCCCCCCCC(C)(O)c1cc(OC)c(C(=O)O)c(=O)o1. The van der Waals surface area contributed by atoms with Crippen LogP contribution in [0.15, 0.2) is 15.3 Å². The Morgan fingerprint density at radius 1 is 1.16 bits per heavy atom. The lowest BCUT2D eigenvalue weighted by molar-refractivity contribution is 0.0187. The van der Waals surface area contributed by atoms with Crippen LogP contribution in [0.25, 0.3) is 0 Å². The lowest BCUT2D eigenvalue weighted by atomic mass is 9.94. The van der Waals surface area contributed by atoms with Crippen LogP contribution in [0.1, 0.15) is 87.8 Å². The molecule has 1 aromatic heterocycles. The minimum Gasteiger partial charge on any atom is -0.495 e. The minimum atomic E-state index is -1.42. The molecule has 0 aliphatic rings. The second-order valence-electron chi connectivity index (χ2n) is 6.65. The minimum absolute atomic E-state index is 0.0299. The highest BCUT2D eigenvalue weighted by Gasteiger charge is 2.29. The monoisotopic (exact) mass is 354 g/mol. The van der Waals surface area contributed by atoms with Gasteiger partial charge in [0, 0.05) is 6.07 Å². The van der Waals surface area contributed by atoms with Crippen molar-refractivity contribution in [3.8, 4) is 5.75 Å². The van der Waals surface area contributed by atoms with Gasteiger partial charge < -0.3 is 19.4 Å².